The number of thiocarbonyl (C=S) groups is 1. The van der Waals surface area contributed by atoms with Gasteiger partial charge in [-0.25, -0.2) is 0 Å². The molecule has 0 spiro atoms. The fraction of sp³-hybridized carbons (Fsp3) is 0.273. The molecule has 1 aromatic carbocycles. The lowest BCUT2D eigenvalue weighted by Gasteiger charge is -2.09. The van der Waals surface area contributed by atoms with E-state index >= 15 is 0 Å². The van der Waals surface area contributed by atoms with Crippen molar-refractivity contribution in [2.45, 2.75) is 13.3 Å². The van der Waals surface area contributed by atoms with E-state index in [0.29, 0.717) is 11.5 Å². The van der Waals surface area contributed by atoms with E-state index in [0.717, 1.165) is 23.5 Å². The van der Waals surface area contributed by atoms with E-state index in [-0.39, 0.29) is 5.91 Å². The van der Waals surface area contributed by atoms with Crippen molar-refractivity contribution in [3.05, 3.63) is 23.8 Å². The molecule has 1 aliphatic heterocycles. The third-order valence-corrected chi connectivity index (χ3v) is 2.57. The molecule has 1 aliphatic rings. The molecule has 0 bridgehead atoms. The van der Waals surface area contributed by atoms with Gasteiger partial charge in [0.2, 0.25) is 5.91 Å². The summed E-state index contributed by atoms with van der Waals surface area (Å²) in [4.78, 5) is 11.2. The Hall–Kier alpha value is -1.62. The number of carbonyl (C=O) groups excluding carboxylic acids is 1. The maximum Gasteiger partial charge on any atom is 0.228 e. The monoisotopic (exact) mass is 235 g/mol. The number of fused-ring (bicyclic) bond motifs is 1. The number of anilines is 2. The zero-order chi connectivity index (χ0) is 11.5. The fourth-order valence-electron chi connectivity index (χ4n) is 1.64. The van der Waals surface area contributed by atoms with Gasteiger partial charge in [-0.1, -0.05) is 0 Å². The molecule has 0 atom stereocenters. The fourth-order valence-corrected chi connectivity index (χ4v) is 1.91. The van der Waals surface area contributed by atoms with Gasteiger partial charge in [0.1, 0.15) is 0 Å². The molecule has 84 valence electrons. The third-order valence-electron chi connectivity index (χ3n) is 2.33. The van der Waals surface area contributed by atoms with Crippen LogP contribution >= 0.6 is 12.2 Å². The molecule has 0 aliphatic carbocycles. The van der Waals surface area contributed by atoms with E-state index in [1.165, 1.54) is 0 Å². The van der Waals surface area contributed by atoms with Crippen LogP contribution < -0.4 is 16.0 Å². The SMILES string of the molecule is CCNC(=S)Nc1ccc2c(c1)CC(=O)N2. The Bertz CT molecular complexity index is 445. The lowest BCUT2D eigenvalue weighted by atomic mass is 10.1. The quantitative estimate of drug-likeness (QED) is 0.680. The smallest absolute Gasteiger partial charge is 0.228 e. The third kappa shape index (κ3) is 2.30. The standard InChI is InChI=1S/C11H13N3OS/c1-2-12-11(16)13-8-3-4-9-7(5-8)6-10(15)14-9/h3-5H,2,6H2,1H3,(H,14,15)(H2,12,13,16). The predicted octanol–water partition coefficient (Wildman–Crippen LogP) is 1.49. The Kier molecular flexibility index (Phi) is 3.05. The molecule has 1 amide bonds. The first-order valence-electron chi connectivity index (χ1n) is 5.16. The van der Waals surface area contributed by atoms with E-state index in [1.54, 1.807) is 0 Å². The summed E-state index contributed by atoms with van der Waals surface area (Å²) in [5.74, 6) is 0.0430. The Morgan fingerprint density at radius 2 is 2.38 bits per heavy atom. The first kappa shape index (κ1) is 10.9. The number of hydrogen-bond acceptors (Lipinski definition) is 2. The molecule has 3 N–H and O–H groups in total. The van der Waals surface area contributed by atoms with Gasteiger partial charge in [0.15, 0.2) is 5.11 Å². The van der Waals surface area contributed by atoms with Crippen molar-refractivity contribution < 1.29 is 4.79 Å². The summed E-state index contributed by atoms with van der Waals surface area (Å²) in [6.45, 7) is 2.77. The molecule has 0 saturated heterocycles. The van der Waals surface area contributed by atoms with Gasteiger partial charge in [0.25, 0.3) is 0 Å². The molecule has 1 heterocycles. The normalized spacial score (nSPS) is 12.9. The molecular formula is C11H13N3OS. The second kappa shape index (κ2) is 4.49. The van der Waals surface area contributed by atoms with Crippen molar-refractivity contribution in [2.75, 3.05) is 17.2 Å². The summed E-state index contributed by atoms with van der Waals surface area (Å²) in [5.41, 5.74) is 2.81. The molecule has 5 heteroatoms. The van der Waals surface area contributed by atoms with Crippen LogP contribution in [0.15, 0.2) is 18.2 Å². The highest BCUT2D eigenvalue weighted by atomic mass is 32.1. The minimum atomic E-state index is 0.0430. The summed E-state index contributed by atoms with van der Waals surface area (Å²) in [6, 6.07) is 5.72. The second-order valence-electron chi connectivity index (χ2n) is 3.58. The molecule has 0 fully saturated rings. The maximum atomic E-state index is 11.2. The lowest BCUT2D eigenvalue weighted by molar-refractivity contribution is -0.115. The van der Waals surface area contributed by atoms with E-state index in [2.05, 4.69) is 16.0 Å². The van der Waals surface area contributed by atoms with E-state index in [4.69, 9.17) is 12.2 Å². The van der Waals surface area contributed by atoms with Gasteiger partial charge >= 0.3 is 0 Å². The van der Waals surface area contributed by atoms with Crippen molar-refractivity contribution in [1.82, 2.24) is 5.32 Å². The largest absolute Gasteiger partial charge is 0.363 e. The number of amides is 1. The van der Waals surface area contributed by atoms with Gasteiger partial charge in [0.05, 0.1) is 6.42 Å². The highest BCUT2D eigenvalue weighted by Gasteiger charge is 2.17. The Morgan fingerprint density at radius 3 is 3.12 bits per heavy atom. The van der Waals surface area contributed by atoms with Crippen molar-refractivity contribution in [2.24, 2.45) is 0 Å². The second-order valence-corrected chi connectivity index (χ2v) is 3.99. The van der Waals surface area contributed by atoms with Gasteiger partial charge < -0.3 is 16.0 Å². The summed E-state index contributed by atoms with van der Waals surface area (Å²) in [6.07, 6.45) is 0.443. The van der Waals surface area contributed by atoms with Crippen LogP contribution in [0.3, 0.4) is 0 Å². The number of rotatable bonds is 2. The molecule has 2 rings (SSSR count). The van der Waals surface area contributed by atoms with Crippen LogP contribution in [0.1, 0.15) is 12.5 Å². The molecule has 0 saturated carbocycles. The van der Waals surface area contributed by atoms with Crippen LogP contribution in [0.2, 0.25) is 0 Å². The molecule has 0 aromatic heterocycles. The topological polar surface area (TPSA) is 53.2 Å². The van der Waals surface area contributed by atoms with Crippen LogP contribution in [-0.2, 0) is 11.2 Å². The summed E-state index contributed by atoms with van der Waals surface area (Å²) in [5, 5.41) is 9.46. The average molecular weight is 235 g/mol. The van der Waals surface area contributed by atoms with Crippen LogP contribution in [0.4, 0.5) is 11.4 Å². The highest BCUT2D eigenvalue weighted by Crippen LogP contribution is 2.25. The first-order chi connectivity index (χ1) is 7.69. The number of nitrogens with one attached hydrogen (secondary N) is 3. The van der Waals surface area contributed by atoms with E-state index in [9.17, 15) is 4.79 Å². The molecule has 1 aromatic rings. The Balaban J connectivity index is 2.10. The van der Waals surface area contributed by atoms with Gasteiger partial charge in [-0.05, 0) is 42.9 Å². The van der Waals surface area contributed by atoms with Crippen LogP contribution in [-0.4, -0.2) is 17.6 Å². The maximum absolute atomic E-state index is 11.2. The highest BCUT2D eigenvalue weighted by molar-refractivity contribution is 7.80. The van der Waals surface area contributed by atoms with Gasteiger partial charge in [0, 0.05) is 17.9 Å². The van der Waals surface area contributed by atoms with E-state index < -0.39 is 0 Å². The van der Waals surface area contributed by atoms with Crippen molar-refractivity contribution in [3.8, 4) is 0 Å². The molecule has 4 nitrogen and oxygen atoms in total. The van der Waals surface area contributed by atoms with Crippen molar-refractivity contribution in [3.63, 3.8) is 0 Å². The van der Waals surface area contributed by atoms with Gasteiger partial charge in [-0.2, -0.15) is 0 Å². The van der Waals surface area contributed by atoms with Crippen molar-refractivity contribution >= 4 is 34.6 Å². The summed E-state index contributed by atoms with van der Waals surface area (Å²) in [7, 11) is 0. The first-order valence-corrected chi connectivity index (χ1v) is 5.57. The Labute approximate surface area is 99.4 Å². The molecular weight excluding hydrogens is 222 g/mol. The van der Waals surface area contributed by atoms with E-state index in [1.807, 2.05) is 25.1 Å². The van der Waals surface area contributed by atoms with Gasteiger partial charge in [-0.15, -0.1) is 0 Å². The molecule has 16 heavy (non-hydrogen) atoms. The number of hydrogen-bond donors (Lipinski definition) is 3. The zero-order valence-electron chi connectivity index (χ0n) is 8.96. The summed E-state index contributed by atoms with van der Waals surface area (Å²) < 4.78 is 0. The summed E-state index contributed by atoms with van der Waals surface area (Å²) >= 11 is 5.08. The van der Waals surface area contributed by atoms with Crippen molar-refractivity contribution in [1.29, 1.82) is 0 Å². The molecule has 0 unspecified atom stereocenters. The molecule has 0 radical (unpaired) electrons. The Morgan fingerprint density at radius 1 is 1.56 bits per heavy atom. The average Bonchev–Trinajstić information content (AvgIpc) is 2.57. The van der Waals surface area contributed by atoms with Crippen LogP contribution in [0.25, 0.3) is 0 Å². The van der Waals surface area contributed by atoms with Crippen LogP contribution in [0, 0.1) is 0 Å². The van der Waals surface area contributed by atoms with Gasteiger partial charge in [-0.3, -0.25) is 4.79 Å². The lowest BCUT2D eigenvalue weighted by Crippen LogP contribution is -2.27. The van der Waals surface area contributed by atoms with Crippen LogP contribution in [0.5, 0.6) is 0 Å². The minimum Gasteiger partial charge on any atom is -0.363 e. The number of carbonyl (C=O) groups is 1. The predicted molar refractivity (Wildman–Crippen MR) is 68.7 cm³/mol. The number of benzene rings is 1. The minimum absolute atomic E-state index is 0.0430. The zero-order valence-corrected chi connectivity index (χ0v) is 9.78.